The van der Waals surface area contributed by atoms with Gasteiger partial charge in [0.1, 0.15) is 0 Å². The summed E-state index contributed by atoms with van der Waals surface area (Å²) in [5, 5.41) is 16.1. The van der Waals surface area contributed by atoms with E-state index >= 15 is 0 Å². The number of nitrogens with zero attached hydrogens (tertiary/aromatic N) is 3. The maximum absolute atomic E-state index is 11.8. The molecule has 114 valence electrons. The van der Waals surface area contributed by atoms with Gasteiger partial charge in [0, 0.05) is 19.6 Å². The van der Waals surface area contributed by atoms with Gasteiger partial charge < -0.3 is 14.3 Å². The highest BCUT2D eigenvalue weighted by Gasteiger charge is 2.18. The molecule has 1 unspecified atom stereocenters. The van der Waals surface area contributed by atoms with Crippen molar-refractivity contribution in [3.8, 4) is 10.8 Å². The number of ether oxygens (including phenoxy) is 1. The van der Waals surface area contributed by atoms with E-state index in [-0.39, 0.29) is 6.54 Å². The van der Waals surface area contributed by atoms with Gasteiger partial charge in [0.05, 0.1) is 30.7 Å². The first-order valence-corrected chi connectivity index (χ1v) is 7.70. The van der Waals surface area contributed by atoms with Crippen LogP contribution in [-0.4, -0.2) is 58.7 Å². The van der Waals surface area contributed by atoms with Crippen LogP contribution in [0.25, 0.3) is 10.8 Å². The van der Waals surface area contributed by atoms with Crippen LogP contribution in [0.1, 0.15) is 0 Å². The first-order chi connectivity index (χ1) is 10.2. The number of aromatic nitrogens is 2. The molecule has 2 aromatic rings. The van der Waals surface area contributed by atoms with Crippen molar-refractivity contribution in [1.29, 1.82) is 0 Å². The van der Waals surface area contributed by atoms with Crippen LogP contribution in [-0.2, 0) is 11.3 Å². The summed E-state index contributed by atoms with van der Waals surface area (Å²) in [5.74, 6) is -0.243. The Morgan fingerprint density at radius 3 is 2.90 bits per heavy atom. The lowest BCUT2D eigenvalue weighted by atomic mass is 10.3. The number of rotatable bonds is 5. The van der Waals surface area contributed by atoms with E-state index in [1.54, 1.807) is 0 Å². The van der Waals surface area contributed by atoms with Gasteiger partial charge >= 0.3 is 5.76 Å². The van der Waals surface area contributed by atoms with E-state index in [0.29, 0.717) is 25.6 Å². The Balaban J connectivity index is 1.63. The van der Waals surface area contributed by atoms with Crippen LogP contribution in [0.3, 0.4) is 0 Å². The second kappa shape index (κ2) is 6.52. The SMILES string of the molecule is O=c1oc(-c2cccs2)nn1CC(O)CN1CCOCC1. The van der Waals surface area contributed by atoms with Gasteiger partial charge in [-0.25, -0.2) is 4.79 Å². The lowest BCUT2D eigenvalue weighted by molar-refractivity contribution is 0.0105. The largest absolute Gasteiger partial charge is 0.437 e. The van der Waals surface area contributed by atoms with E-state index in [2.05, 4.69) is 10.00 Å². The number of β-amino-alcohol motifs (C(OH)–C–C–N with tert-alkyl or cyclic N) is 1. The average Bonchev–Trinajstić information content (AvgIpc) is 3.10. The summed E-state index contributed by atoms with van der Waals surface area (Å²) in [7, 11) is 0. The maximum atomic E-state index is 11.8. The van der Waals surface area contributed by atoms with Gasteiger partial charge in [-0.15, -0.1) is 16.4 Å². The predicted molar refractivity (Wildman–Crippen MR) is 77.3 cm³/mol. The normalized spacial score (nSPS) is 18.0. The van der Waals surface area contributed by atoms with Crippen LogP contribution in [0.15, 0.2) is 26.7 Å². The number of hydrogen-bond acceptors (Lipinski definition) is 7. The minimum Gasteiger partial charge on any atom is -0.390 e. The molecule has 1 saturated heterocycles. The maximum Gasteiger partial charge on any atom is 0.437 e. The Bertz CT molecular complexity index is 616. The van der Waals surface area contributed by atoms with Crippen molar-refractivity contribution in [2.75, 3.05) is 32.8 Å². The summed E-state index contributed by atoms with van der Waals surface area (Å²) in [6.45, 7) is 3.58. The van der Waals surface area contributed by atoms with Gasteiger partial charge in [-0.3, -0.25) is 4.90 Å². The summed E-state index contributed by atoms with van der Waals surface area (Å²) in [5.41, 5.74) is 0. The van der Waals surface area contributed by atoms with Crippen molar-refractivity contribution >= 4 is 11.3 Å². The van der Waals surface area contributed by atoms with Gasteiger partial charge in [0.2, 0.25) is 0 Å². The number of aliphatic hydroxyl groups is 1. The lowest BCUT2D eigenvalue weighted by Gasteiger charge is -2.28. The lowest BCUT2D eigenvalue weighted by Crippen LogP contribution is -2.42. The van der Waals surface area contributed by atoms with Crippen LogP contribution in [0.4, 0.5) is 0 Å². The van der Waals surface area contributed by atoms with Crippen molar-refractivity contribution in [1.82, 2.24) is 14.7 Å². The summed E-state index contributed by atoms with van der Waals surface area (Å²) in [4.78, 5) is 14.7. The molecule has 0 saturated carbocycles. The van der Waals surface area contributed by atoms with Crippen LogP contribution < -0.4 is 5.76 Å². The number of morpholine rings is 1. The van der Waals surface area contributed by atoms with Crippen molar-refractivity contribution in [3.05, 3.63) is 28.1 Å². The Morgan fingerprint density at radius 2 is 2.19 bits per heavy atom. The molecule has 2 aromatic heterocycles. The first-order valence-electron chi connectivity index (χ1n) is 6.82. The van der Waals surface area contributed by atoms with E-state index in [1.165, 1.54) is 16.0 Å². The quantitative estimate of drug-likeness (QED) is 0.853. The monoisotopic (exact) mass is 311 g/mol. The molecular weight excluding hydrogens is 294 g/mol. The van der Waals surface area contributed by atoms with Gasteiger partial charge in [-0.1, -0.05) is 6.07 Å². The van der Waals surface area contributed by atoms with E-state index < -0.39 is 11.9 Å². The Hall–Kier alpha value is -1.48. The summed E-state index contributed by atoms with van der Waals surface area (Å²) < 4.78 is 11.6. The smallest absolute Gasteiger partial charge is 0.390 e. The standard InChI is InChI=1S/C13H17N3O4S/c17-10(8-15-3-5-19-6-4-15)9-16-13(18)20-12(14-16)11-2-1-7-21-11/h1-2,7,10,17H,3-6,8-9H2. The van der Waals surface area contributed by atoms with Gasteiger partial charge in [-0.2, -0.15) is 4.68 Å². The molecule has 7 nitrogen and oxygen atoms in total. The molecule has 0 aromatic carbocycles. The second-order valence-electron chi connectivity index (χ2n) is 4.90. The summed E-state index contributed by atoms with van der Waals surface area (Å²) in [6, 6.07) is 3.71. The molecule has 0 amide bonds. The summed E-state index contributed by atoms with van der Waals surface area (Å²) >= 11 is 1.45. The van der Waals surface area contributed by atoms with Crippen LogP contribution >= 0.6 is 11.3 Å². The highest BCUT2D eigenvalue weighted by Crippen LogP contribution is 2.21. The Morgan fingerprint density at radius 1 is 1.38 bits per heavy atom. The molecule has 0 aliphatic carbocycles. The number of thiophene rings is 1. The fraction of sp³-hybridized carbons (Fsp3) is 0.538. The fourth-order valence-electron chi connectivity index (χ4n) is 2.26. The van der Waals surface area contributed by atoms with Crippen molar-refractivity contribution in [2.45, 2.75) is 12.6 Å². The molecule has 1 fully saturated rings. The van der Waals surface area contributed by atoms with Gasteiger partial charge in [0.15, 0.2) is 0 Å². The number of hydrogen-bond donors (Lipinski definition) is 1. The molecule has 1 atom stereocenters. The Labute approximate surface area is 125 Å². The molecule has 1 aliphatic heterocycles. The molecule has 1 N–H and O–H groups in total. The van der Waals surface area contributed by atoms with E-state index in [1.807, 2.05) is 17.5 Å². The molecule has 3 heterocycles. The minimum atomic E-state index is -0.665. The topological polar surface area (TPSA) is 80.7 Å². The van der Waals surface area contributed by atoms with Crippen LogP contribution in [0.5, 0.6) is 0 Å². The zero-order valence-electron chi connectivity index (χ0n) is 11.5. The Kier molecular flexibility index (Phi) is 4.49. The zero-order valence-corrected chi connectivity index (χ0v) is 12.3. The zero-order chi connectivity index (χ0) is 14.7. The molecule has 0 spiro atoms. The summed E-state index contributed by atoms with van der Waals surface area (Å²) in [6.07, 6.45) is -0.665. The third-order valence-corrected chi connectivity index (χ3v) is 4.15. The highest BCUT2D eigenvalue weighted by atomic mass is 32.1. The van der Waals surface area contributed by atoms with Crippen molar-refractivity contribution in [3.63, 3.8) is 0 Å². The molecule has 8 heteroatoms. The van der Waals surface area contributed by atoms with E-state index in [9.17, 15) is 9.90 Å². The van der Waals surface area contributed by atoms with E-state index in [4.69, 9.17) is 9.15 Å². The highest BCUT2D eigenvalue weighted by molar-refractivity contribution is 7.13. The third-order valence-electron chi connectivity index (χ3n) is 3.29. The molecule has 0 radical (unpaired) electrons. The molecular formula is C13H17N3O4S. The molecule has 3 rings (SSSR count). The predicted octanol–water partition coefficient (Wildman–Crippen LogP) is 0.258. The van der Waals surface area contributed by atoms with Crippen LogP contribution in [0, 0.1) is 0 Å². The van der Waals surface area contributed by atoms with E-state index in [0.717, 1.165) is 18.0 Å². The van der Waals surface area contributed by atoms with Gasteiger partial charge in [-0.05, 0) is 11.4 Å². The molecule has 21 heavy (non-hydrogen) atoms. The van der Waals surface area contributed by atoms with Crippen LogP contribution in [0.2, 0.25) is 0 Å². The fourth-order valence-corrected chi connectivity index (χ4v) is 2.90. The minimum absolute atomic E-state index is 0.130. The first kappa shape index (κ1) is 14.5. The molecule has 1 aliphatic rings. The molecule has 0 bridgehead atoms. The van der Waals surface area contributed by atoms with Gasteiger partial charge in [0.25, 0.3) is 5.89 Å². The number of aliphatic hydroxyl groups excluding tert-OH is 1. The average molecular weight is 311 g/mol. The third kappa shape index (κ3) is 3.59. The van der Waals surface area contributed by atoms with Crippen molar-refractivity contribution < 1.29 is 14.3 Å². The van der Waals surface area contributed by atoms with Crippen molar-refractivity contribution in [2.24, 2.45) is 0 Å². The second-order valence-corrected chi connectivity index (χ2v) is 5.85.